The predicted molar refractivity (Wildman–Crippen MR) is 139 cm³/mol. The van der Waals surface area contributed by atoms with Crippen LogP contribution in [0.3, 0.4) is 0 Å². The number of nitrogens with zero attached hydrogens (tertiary/aromatic N) is 3. The minimum atomic E-state index is -4.36. The molecule has 3 aromatic carbocycles. The average Bonchev–Trinajstić information content (AvgIpc) is 3.40. The van der Waals surface area contributed by atoms with Crippen LogP contribution in [0.4, 0.5) is 10.1 Å². The number of hydrogen-bond donors (Lipinski definition) is 1. The van der Waals surface area contributed by atoms with Crippen LogP contribution in [0.2, 0.25) is 10.0 Å². The Bertz CT molecular complexity index is 1470. The molecule has 0 saturated carbocycles. The summed E-state index contributed by atoms with van der Waals surface area (Å²) in [5, 5.41) is 9.01. The molecule has 12 heteroatoms. The lowest BCUT2D eigenvalue weighted by atomic mass is 10.1. The van der Waals surface area contributed by atoms with Crippen LogP contribution in [0.5, 0.6) is 0 Å². The van der Waals surface area contributed by atoms with Crippen LogP contribution >= 0.6 is 34.7 Å². The standard InChI is InChI=1S/C24H19Cl2FN4O3S2/c1-15(24(32)28-13-16-2-4-17(5-3-16)22-14-35-30-29-22)31(23-12-19(26)8-11-21(23)27)36(33,34)20-9-6-18(25)7-10-20/h2-12,14-15H,13H2,1H3,(H,28,32)/t15-/m1/s1. The highest BCUT2D eigenvalue weighted by molar-refractivity contribution is 7.93. The van der Waals surface area contributed by atoms with E-state index in [0.717, 1.165) is 27.2 Å². The van der Waals surface area contributed by atoms with Crippen LogP contribution in [0, 0.1) is 5.82 Å². The lowest BCUT2D eigenvalue weighted by molar-refractivity contribution is -0.122. The van der Waals surface area contributed by atoms with Crippen LogP contribution in [0.25, 0.3) is 11.3 Å². The second kappa shape index (κ2) is 10.9. The third-order valence-electron chi connectivity index (χ3n) is 5.32. The molecule has 0 radical (unpaired) electrons. The Morgan fingerprint density at radius 2 is 1.72 bits per heavy atom. The van der Waals surface area contributed by atoms with E-state index in [1.165, 1.54) is 54.9 Å². The van der Waals surface area contributed by atoms with Crippen molar-refractivity contribution in [3.8, 4) is 11.3 Å². The van der Waals surface area contributed by atoms with E-state index in [1.807, 2.05) is 29.6 Å². The Balaban J connectivity index is 1.59. The maximum Gasteiger partial charge on any atom is 0.265 e. The van der Waals surface area contributed by atoms with Crippen molar-refractivity contribution in [3.63, 3.8) is 0 Å². The van der Waals surface area contributed by atoms with Crippen molar-refractivity contribution in [3.05, 3.63) is 93.5 Å². The molecule has 0 bridgehead atoms. The monoisotopic (exact) mass is 564 g/mol. The molecule has 1 heterocycles. The first-order chi connectivity index (χ1) is 17.2. The van der Waals surface area contributed by atoms with Crippen molar-refractivity contribution < 1.29 is 17.6 Å². The number of anilines is 1. The molecule has 0 saturated heterocycles. The summed E-state index contributed by atoms with van der Waals surface area (Å²) in [5.74, 6) is -1.47. The molecule has 0 aliphatic carbocycles. The second-order valence-corrected chi connectivity index (χ2v) is 11.0. The molecule has 4 aromatic rings. The summed E-state index contributed by atoms with van der Waals surface area (Å²) in [5.41, 5.74) is 2.06. The molecule has 0 unspecified atom stereocenters. The van der Waals surface area contributed by atoms with E-state index >= 15 is 0 Å². The fraction of sp³-hybridized carbons (Fsp3) is 0.125. The van der Waals surface area contributed by atoms with E-state index in [2.05, 4.69) is 14.9 Å². The summed E-state index contributed by atoms with van der Waals surface area (Å²) in [4.78, 5) is 12.9. The number of carbonyl (C=O) groups is 1. The number of halogens is 3. The van der Waals surface area contributed by atoms with Gasteiger partial charge in [0, 0.05) is 27.5 Å². The van der Waals surface area contributed by atoms with E-state index < -0.39 is 27.8 Å². The number of sulfonamides is 1. The Hall–Kier alpha value is -3.05. The quantitative estimate of drug-likeness (QED) is 0.303. The average molecular weight is 565 g/mol. The molecule has 0 spiro atoms. The smallest absolute Gasteiger partial charge is 0.265 e. The van der Waals surface area contributed by atoms with Gasteiger partial charge in [-0.1, -0.05) is 52.0 Å². The van der Waals surface area contributed by atoms with Gasteiger partial charge in [-0.2, -0.15) is 0 Å². The van der Waals surface area contributed by atoms with Gasteiger partial charge >= 0.3 is 0 Å². The fourth-order valence-corrected chi connectivity index (χ4v) is 5.82. The molecule has 0 fully saturated rings. The van der Waals surface area contributed by atoms with E-state index in [0.29, 0.717) is 5.02 Å². The molecule has 1 aromatic heterocycles. The predicted octanol–water partition coefficient (Wildman–Crippen LogP) is 5.55. The van der Waals surface area contributed by atoms with Gasteiger partial charge in [-0.15, -0.1) is 5.10 Å². The first-order valence-corrected chi connectivity index (χ1v) is 13.6. The first kappa shape index (κ1) is 26.0. The molecule has 36 heavy (non-hydrogen) atoms. The van der Waals surface area contributed by atoms with Crippen molar-refractivity contribution in [2.24, 2.45) is 0 Å². The van der Waals surface area contributed by atoms with E-state index in [1.54, 1.807) is 0 Å². The van der Waals surface area contributed by atoms with Gasteiger partial charge in [-0.05, 0) is 66.5 Å². The SMILES string of the molecule is C[C@H](C(=O)NCc1ccc(-c2csnn2)cc1)N(c1cc(Cl)ccc1F)S(=O)(=O)c1ccc(Cl)cc1. The molecule has 0 aliphatic heterocycles. The van der Waals surface area contributed by atoms with Crippen molar-refractivity contribution in [2.45, 2.75) is 24.4 Å². The van der Waals surface area contributed by atoms with Crippen LogP contribution in [-0.2, 0) is 21.4 Å². The molecule has 1 atom stereocenters. The zero-order valence-electron chi connectivity index (χ0n) is 18.7. The van der Waals surface area contributed by atoms with E-state index in [4.69, 9.17) is 23.2 Å². The summed E-state index contributed by atoms with van der Waals surface area (Å²) in [6.45, 7) is 1.51. The molecule has 1 N–H and O–H groups in total. The van der Waals surface area contributed by atoms with Crippen LogP contribution in [-0.4, -0.2) is 30.0 Å². The van der Waals surface area contributed by atoms with Gasteiger partial charge in [-0.3, -0.25) is 9.10 Å². The Morgan fingerprint density at radius 1 is 1.06 bits per heavy atom. The van der Waals surface area contributed by atoms with Crippen molar-refractivity contribution in [1.82, 2.24) is 14.9 Å². The Kier molecular flexibility index (Phi) is 7.89. The van der Waals surface area contributed by atoms with E-state index in [-0.39, 0.29) is 22.2 Å². The molecule has 0 aliphatic rings. The number of hydrogen-bond acceptors (Lipinski definition) is 6. The summed E-state index contributed by atoms with van der Waals surface area (Å²) < 4.78 is 46.5. The number of amides is 1. The minimum Gasteiger partial charge on any atom is -0.350 e. The fourth-order valence-electron chi connectivity index (χ4n) is 3.45. The van der Waals surface area contributed by atoms with Gasteiger partial charge in [0.25, 0.3) is 10.0 Å². The Labute approximate surface area is 221 Å². The summed E-state index contributed by atoms with van der Waals surface area (Å²) in [7, 11) is -4.36. The topological polar surface area (TPSA) is 92.3 Å². The highest BCUT2D eigenvalue weighted by Crippen LogP contribution is 2.31. The van der Waals surface area contributed by atoms with Crippen molar-refractivity contribution in [1.29, 1.82) is 0 Å². The zero-order valence-corrected chi connectivity index (χ0v) is 21.9. The van der Waals surface area contributed by atoms with Gasteiger partial charge < -0.3 is 5.32 Å². The van der Waals surface area contributed by atoms with Gasteiger partial charge in [-0.25, -0.2) is 12.8 Å². The van der Waals surface area contributed by atoms with Crippen LogP contribution < -0.4 is 9.62 Å². The molecule has 4 rings (SSSR count). The second-order valence-electron chi connectivity index (χ2n) is 7.73. The van der Waals surface area contributed by atoms with Crippen molar-refractivity contribution in [2.75, 3.05) is 4.31 Å². The third-order valence-corrected chi connectivity index (χ3v) is 8.21. The van der Waals surface area contributed by atoms with Crippen molar-refractivity contribution >= 4 is 56.4 Å². The molecule has 1 amide bonds. The van der Waals surface area contributed by atoms with Crippen LogP contribution in [0.1, 0.15) is 12.5 Å². The molecule has 7 nitrogen and oxygen atoms in total. The maximum atomic E-state index is 14.8. The number of nitrogens with one attached hydrogen (secondary N) is 1. The lowest BCUT2D eigenvalue weighted by Crippen LogP contribution is -2.48. The van der Waals surface area contributed by atoms with Gasteiger partial charge in [0.1, 0.15) is 17.6 Å². The normalized spacial score (nSPS) is 12.2. The maximum absolute atomic E-state index is 14.8. The minimum absolute atomic E-state index is 0.116. The first-order valence-electron chi connectivity index (χ1n) is 10.6. The lowest BCUT2D eigenvalue weighted by Gasteiger charge is -2.30. The number of aromatic nitrogens is 2. The van der Waals surface area contributed by atoms with Crippen LogP contribution in [0.15, 0.2) is 77.0 Å². The number of carbonyl (C=O) groups excluding carboxylic acids is 1. The molecular weight excluding hydrogens is 546 g/mol. The van der Waals surface area contributed by atoms with Gasteiger partial charge in [0.15, 0.2) is 0 Å². The van der Waals surface area contributed by atoms with Gasteiger partial charge in [0.2, 0.25) is 5.91 Å². The largest absolute Gasteiger partial charge is 0.350 e. The molecule has 186 valence electrons. The molecular formula is C24H19Cl2FN4O3S2. The zero-order chi connectivity index (χ0) is 25.9. The summed E-state index contributed by atoms with van der Waals surface area (Å²) in [6.07, 6.45) is 0. The highest BCUT2D eigenvalue weighted by atomic mass is 35.5. The number of benzene rings is 3. The number of rotatable bonds is 8. The Morgan fingerprint density at radius 3 is 2.36 bits per heavy atom. The van der Waals surface area contributed by atoms with E-state index in [9.17, 15) is 17.6 Å². The summed E-state index contributed by atoms with van der Waals surface area (Å²) in [6, 6.07) is 14.9. The third kappa shape index (κ3) is 5.67. The summed E-state index contributed by atoms with van der Waals surface area (Å²) >= 11 is 13.2. The highest BCUT2D eigenvalue weighted by Gasteiger charge is 2.35. The van der Waals surface area contributed by atoms with Gasteiger partial charge in [0.05, 0.1) is 10.6 Å².